The van der Waals surface area contributed by atoms with Crippen LogP contribution in [-0.2, 0) is 6.54 Å². The zero-order valence-electron chi connectivity index (χ0n) is 10.7. The fourth-order valence-corrected chi connectivity index (χ4v) is 1.57. The maximum absolute atomic E-state index is 5.70. The van der Waals surface area contributed by atoms with Crippen LogP contribution >= 0.6 is 15.9 Å². The van der Waals surface area contributed by atoms with Gasteiger partial charge in [-0.25, -0.2) is 0 Å². The molecule has 0 heterocycles. The van der Waals surface area contributed by atoms with E-state index in [1.54, 1.807) is 0 Å². The molecule has 0 atom stereocenters. The van der Waals surface area contributed by atoms with Crippen LogP contribution in [0.25, 0.3) is 0 Å². The fraction of sp³-hybridized carbons (Fsp3) is 0.429. The predicted octanol–water partition coefficient (Wildman–Crippen LogP) is 3.78. The Labute approximate surface area is 112 Å². The molecule has 0 aliphatic rings. The van der Waals surface area contributed by atoms with Crippen molar-refractivity contribution >= 4 is 15.9 Å². The summed E-state index contributed by atoms with van der Waals surface area (Å²) in [5.74, 6) is 0.921. The van der Waals surface area contributed by atoms with Gasteiger partial charge in [0.25, 0.3) is 0 Å². The van der Waals surface area contributed by atoms with Crippen molar-refractivity contribution in [3.63, 3.8) is 0 Å². The Bertz CT molecular complexity index is 388. The first-order chi connectivity index (χ1) is 7.99. The lowest BCUT2D eigenvalue weighted by atomic mass is 10.1. The molecule has 0 amide bonds. The van der Waals surface area contributed by atoms with Gasteiger partial charge in [0.2, 0.25) is 0 Å². The topological polar surface area (TPSA) is 21.3 Å². The molecule has 0 fully saturated rings. The van der Waals surface area contributed by atoms with Gasteiger partial charge in [0, 0.05) is 22.6 Å². The van der Waals surface area contributed by atoms with E-state index in [9.17, 15) is 0 Å². The van der Waals surface area contributed by atoms with Gasteiger partial charge in [-0.05, 0) is 13.0 Å². The lowest BCUT2D eigenvalue weighted by Gasteiger charge is -2.14. The van der Waals surface area contributed by atoms with Gasteiger partial charge in [-0.1, -0.05) is 54.1 Å². The lowest BCUT2D eigenvalue weighted by molar-refractivity contribution is 0.355. The largest absolute Gasteiger partial charge is 0.488 e. The molecule has 1 N–H and O–H groups in total. The summed E-state index contributed by atoms with van der Waals surface area (Å²) >= 11 is 3.30. The number of hydrogen-bond acceptors (Lipinski definition) is 2. The summed E-state index contributed by atoms with van der Waals surface area (Å²) in [6, 6.07) is 6.70. The summed E-state index contributed by atoms with van der Waals surface area (Å²) in [4.78, 5) is 0. The molecule has 1 aromatic rings. The summed E-state index contributed by atoms with van der Waals surface area (Å²) in [6.45, 7) is 11.4. The molecule has 0 aliphatic heterocycles. The molecule has 0 spiro atoms. The van der Waals surface area contributed by atoms with Crippen molar-refractivity contribution in [2.24, 2.45) is 0 Å². The predicted molar refractivity (Wildman–Crippen MR) is 76.7 cm³/mol. The molecule has 17 heavy (non-hydrogen) atoms. The second-order valence-electron chi connectivity index (χ2n) is 4.45. The Kier molecular flexibility index (Phi) is 5.72. The minimum Gasteiger partial charge on any atom is -0.488 e. The van der Waals surface area contributed by atoms with Crippen LogP contribution in [0.5, 0.6) is 5.75 Å². The maximum atomic E-state index is 5.70. The van der Waals surface area contributed by atoms with Gasteiger partial charge >= 0.3 is 0 Å². The summed E-state index contributed by atoms with van der Waals surface area (Å²) in [5, 5.41) is 3.40. The maximum Gasteiger partial charge on any atom is 0.124 e. The van der Waals surface area contributed by atoms with Gasteiger partial charge in [0.05, 0.1) is 0 Å². The number of aryl methyl sites for hydroxylation is 1. The smallest absolute Gasteiger partial charge is 0.124 e. The molecule has 0 saturated carbocycles. The average molecular weight is 298 g/mol. The summed E-state index contributed by atoms with van der Waals surface area (Å²) in [6.07, 6.45) is 0. The highest BCUT2D eigenvalue weighted by Gasteiger charge is 2.05. The average Bonchev–Trinajstić information content (AvgIpc) is 2.24. The van der Waals surface area contributed by atoms with E-state index < -0.39 is 0 Å². The van der Waals surface area contributed by atoms with Crippen LogP contribution in [-0.4, -0.2) is 12.6 Å². The zero-order chi connectivity index (χ0) is 12.8. The van der Waals surface area contributed by atoms with Crippen molar-refractivity contribution in [3.05, 3.63) is 40.4 Å². The molecule has 0 aromatic heterocycles. The van der Waals surface area contributed by atoms with Gasteiger partial charge < -0.3 is 10.1 Å². The molecule has 94 valence electrons. The second-order valence-corrected chi connectivity index (χ2v) is 5.57. The number of ether oxygens (including phenoxy) is 1. The van der Waals surface area contributed by atoms with Crippen LogP contribution in [0.1, 0.15) is 25.0 Å². The number of nitrogens with one attached hydrogen (secondary N) is 1. The highest BCUT2D eigenvalue weighted by Crippen LogP contribution is 2.21. The van der Waals surface area contributed by atoms with E-state index in [0.717, 1.165) is 16.8 Å². The van der Waals surface area contributed by atoms with Crippen molar-refractivity contribution < 1.29 is 4.74 Å². The molecule has 0 saturated heterocycles. The van der Waals surface area contributed by atoms with E-state index in [1.807, 2.05) is 6.07 Å². The summed E-state index contributed by atoms with van der Waals surface area (Å²) < 4.78 is 6.55. The fourth-order valence-electron chi connectivity index (χ4n) is 1.46. The van der Waals surface area contributed by atoms with Crippen molar-refractivity contribution in [1.82, 2.24) is 5.32 Å². The van der Waals surface area contributed by atoms with Crippen LogP contribution < -0.4 is 10.1 Å². The third-order valence-corrected chi connectivity index (χ3v) is 2.53. The molecule has 3 heteroatoms. The Balaban J connectivity index is 2.76. The van der Waals surface area contributed by atoms with E-state index in [1.165, 1.54) is 11.1 Å². The highest BCUT2D eigenvalue weighted by atomic mass is 79.9. The van der Waals surface area contributed by atoms with E-state index in [4.69, 9.17) is 4.74 Å². The van der Waals surface area contributed by atoms with Crippen molar-refractivity contribution in [3.8, 4) is 5.75 Å². The molecular formula is C14H20BrNO. The molecule has 1 rings (SSSR count). The van der Waals surface area contributed by atoms with Gasteiger partial charge in [-0.3, -0.25) is 0 Å². The molecule has 0 radical (unpaired) electrons. The van der Waals surface area contributed by atoms with Crippen LogP contribution in [0.2, 0.25) is 0 Å². The number of rotatable bonds is 6. The first kappa shape index (κ1) is 14.3. The summed E-state index contributed by atoms with van der Waals surface area (Å²) in [5.41, 5.74) is 2.43. The van der Waals surface area contributed by atoms with Crippen LogP contribution in [0, 0.1) is 6.92 Å². The second kappa shape index (κ2) is 6.82. The van der Waals surface area contributed by atoms with Gasteiger partial charge in [-0.15, -0.1) is 0 Å². The number of benzene rings is 1. The van der Waals surface area contributed by atoms with E-state index >= 15 is 0 Å². The Morgan fingerprint density at radius 3 is 2.76 bits per heavy atom. The van der Waals surface area contributed by atoms with E-state index in [2.05, 4.69) is 60.7 Å². The van der Waals surface area contributed by atoms with E-state index in [0.29, 0.717) is 12.6 Å². The third-order valence-electron chi connectivity index (χ3n) is 2.30. The minimum atomic E-state index is 0.467. The molecule has 0 bridgehead atoms. The number of halogens is 1. The van der Waals surface area contributed by atoms with Crippen molar-refractivity contribution in [2.45, 2.75) is 33.4 Å². The molecule has 1 aromatic carbocycles. The molecular weight excluding hydrogens is 278 g/mol. The zero-order valence-corrected chi connectivity index (χ0v) is 12.3. The SMILES string of the molecule is C=C(Br)COc1ccc(C)cc1CNC(C)C. The molecule has 0 unspecified atom stereocenters. The standard InChI is InChI=1S/C14H20BrNO/c1-10(2)16-8-13-7-11(3)5-6-14(13)17-9-12(4)15/h5-7,10,16H,4,8-9H2,1-3H3. The highest BCUT2D eigenvalue weighted by molar-refractivity contribution is 9.11. The Morgan fingerprint density at radius 1 is 1.47 bits per heavy atom. The minimum absolute atomic E-state index is 0.467. The normalized spacial score (nSPS) is 10.6. The molecule has 0 aliphatic carbocycles. The number of hydrogen-bond donors (Lipinski definition) is 1. The third kappa shape index (κ3) is 5.37. The van der Waals surface area contributed by atoms with Crippen LogP contribution in [0.4, 0.5) is 0 Å². The Morgan fingerprint density at radius 2 is 2.18 bits per heavy atom. The van der Waals surface area contributed by atoms with Gasteiger partial charge in [-0.2, -0.15) is 0 Å². The Hall–Kier alpha value is -0.800. The van der Waals surface area contributed by atoms with Gasteiger partial charge in [0.1, 0.15) is 12.4 Å². The lowest BCUT2D eigenvalue weighted by Crippen LogP contribution is -2.22. The van der Waals surface area contributed by atoms with Crippen LogP contribution in [0.15, 0.2) is 29.3 Å². The van der Waals surface area contributed by atoms with E-state index in [-0.39, 0.29) is 0 Å². The monoisotopic (exact) mass is 297 g/mol. The molecule has 2 nitrogen and oxygen atoms in total. The van der Waals surface area contributed by atoms with Crippen LogP contribution in [0.3, 0.4) is 0 Å². The first-order valence-corrected chi connectivity index (χ1v) is 6.57. The summed E-state index contributed by atoms with van der Waals surface area (Å²) in [7, 11) is 0. The quantitative estimate of drug-likeness (QED) is 0.863. The van der Waals surface area contributed by atoms with Crippen molar-refractivity contribution in [1.29, 1.82) is 0 Å². The van der Waals surface area contributed by atoms with Gasteiger partial charge in [0.15, 0.2) is 0 Å². The first-order valence-electron chi connectivity index (χ1n) is 5.78. The van der Waals surface area contributed by atoms with Crippen molar-refractivity contribution in [2.75, 3.05) is 6.61 Å².